The number of aryl methyl sites for hydroxylation is 2. The third kappa shape index (κ3) is 6.03. The highest BCUT2D eigenvalue weighted by molar-refractivity contribution is 5.91. The first-order valence-corrected chi connectivity index (χ1v) is 12.8. The lowest BCUT2D eigenvalue weighted by Gasteiger charge is -2.31. The van der Waals surface area contributed by atoms with Crippen LogP contribution in [0.3, 0.4) is 0 Å². The van der Waals surface area contributed by atoms with Crippen LogP contribution in [0.25, 0.3) is 22.3 Å². The van der Waals surface area contributed by atoms with Gasteiger partial charge in [0.25, 0.3) is 5.56 Å². The molecule has 1 atom stereocenters. The summed E-state index contributed by atoms with van der Waals surface area (Å²) in [7, 11) is 1.11. The first kappa shape index (κ1) is 28.4. The van der Waals surface area contributed by atoms with Gasteiger partial charge in [0.1, 0.15) is 5.75 Å². The zero-order valence-electron chi connectivity index (χ0n) is 22.6. The van der Waals surface area contributed by atoms with E-state index in [9.17, 15) is 22.8 Å². The molecule has 1 aliphatic heterocycles. The molecular formula is C30H32F3NO5. The Balaban J connectivity index is 2.13. The summed E-state index contributed by atoms with van der Waals surface area (Å²) in [6.07, 6.45) is -3.43. The number of benzene rings is 2. The van der Waals surface area contributed by atoms with Gasteiger partial charge in [-0.15, -0.1) is 0 Å². The predicted molar refractivity (Wildman–Crippen MR) is 142 cm³/mol. The minimum absolute atomic E-state index is 0.145. The highest BCUT2D eigenvalue weighted by Crippen LogP contribution is 2.47. The molecule has 2 heterocycles. The molecule has 9 heteroatoms. The lowest BCUT2D eigenvalue weighted by Crippen LogP contribution is -2.30. The number of methoxy groups -OCH3 is 1. The van der Waals surface area contributed by atoms with Crippen LogP contribution in [0.1, 0.15) is 56.9 Å². The van der Waals surface area contributed by atoms with E-state index in [2.05, 4.69) is 0 Å². The summed E-state index contributed by atoms with van der Waals surface area (Å²) in [5.74, 6) is -0.294. The molecule has 0 saturated carbocycles. The number of ether oxygens (including phenoxy) is 3. The second kappa shape index (κ2) is 10.9. The van der Waals surface area contributed by atoms with Crippen molar-refractivity contribution in [1.82, 2.24) is 4.57 Å². The Kier molecular flexibility index (Phi) is 7.93. The van der Waals surface area contributed by atoms with Crippen LogP contribution in [0.2, 0.25) is 0 Å². The first-order valence-electron chi connectivity index (χ1n) is 12.8. The second-order valence-electron chi connectivity index (χ2n) is 10.4. The summed E-state index contributed by atoms with van der Waals surface area (Å²) in [5.41, 5.74) is -0.440. The van der Waals surface area contributed by atoms with Gasteiger partial charge < -0.3 is 18.8 Å². The van der Waals surface area contributed by atoms with E-state index in [1.807, 2.05) is 6.92 Å². The highest BCUT2D eigenvalue weighted by atomic mass is 19.4. The molecule has 6 nitrogen and oxygen atoms in total. The molecule has 0 N–H and O–H groups in total. The molecule has 3 aromatic rings. The van der Waals surface area contributed by atoms with E-state index >= 15 is 0 Å². The van der Waals surface area contributed by atoms with Crippen molar-refractivity contribution in [1.29, 1.82) is 0 Å². The van der Waals surface area contributed by atoms with E-state index in [1.54, 1.807) is 51.2 Å². The molecule has 1 aliphatic rings. The van der Waals surface area contributed by atoms with Crippen molar-refractivity contribution in [3.63, 3.8) is 0 Å². The smallest absolute Gasteiger partial charge is 0.416 e. The summed E-state index contributed by atoms with van der Waals surface area (Å²) in [6, 6.07) is 10.5. The van der Waals surface area contributed by atoms with E-state index < -0.39 is 29.4 Å². The van der Waals surface area contributed by atoms with Crippen molar-refractivity contribution in [3.05, 3.63) is 75.7 Å². The Morgan fingerprint density at radius 2 is 1.82 bits per heavy atom. The fourth-order valence-electron chi connectivity index (χ4n) is 4.83. The summed E-state index contributed by atoms with van der Waals surface area (Å²) in [4.78, 5) is 25.8. The topological polar surface area (TPSA) is 66.8 Å². The maximum absolute atomic E-state index is 14.6. The lowest BCUT2D eigenvalue weighted by molar-refractivity contribution is -0.166. The summed E-state index contributed by atoms with van der Waals surface area (Å²) in [5, 5.41) is 0. The number of hydrogen-bond acceptors (Lipinski definition) is 5. The summed E-state index contributed by atoms with van der Waals surface area (Å²) in [6.45, 7) is 7.78. The van der Waals surface area contributed by atoms with Crippen molar-refractivity contribution in [2.45, 2.75) is 65.0 Å². The largest absolute Gasteiger partial charge is 0.493 e. The molecule has 208 valence electrons. The lowest BCUT2D eigenvalue weighted by atomic mass is 9.84. The maximum Gasteiger partial charge on any atom is 0.416 e. The third-order valence-corrected chi connectivity index (χ3v) is 6.54. The number of pyridine rings is 1. The Labute approximate surface area is 225 Å². The molecule has 0 spiro atoms. The predicted octanol–water partition coefficient (Wildman–Crippen LogP) is 6.58. The molecule has 39 heavy (non-hydrogen) atoms. The molecule has 0 bridgehead atoms. The SMILES string of the molecule is CCn1ccc(-c2ccc(C(F)(F)F)c(C(OC(C)(C)C)C(=O)OC)c2-c2ccc3c(c2)CCCO3)cc1=O. The standard InChI is InChI=1S/C30H32F3NO5/c1-6-34-14-13-18(17-24(34)35)21-10-11-22(30(31,32)33)26(27(28(36)37-5)39-29(2,3)4)25(21)20-9-12-23-19(16-20)8-7-15-38-23/h9-14,16-17,27H,6-8,15H2,1-5H3. The van der Waals surface area contributed by atoms with Gasteiger partial charge in [-0.1, -0.05) is 12.1 Å². The van der Waals surface area contributed by atoms with E-state index in [4.69, 9.17) is 14.2 Å². The van der Waals surface area contributed by atoms with Crippen LogP contribution >= 0.6 is 0 Å². The Hall–Kier alpha value is -3.59. The fraction of sp³-hybridized carbons (Fsp3) is 0.400. The maximum atomic E-state index is 14.6. The van der Waals surface area contributed by atoms with Gasteiger partial charge in [0.05, 0.1) is 24.9 Å². The highest BCUT2D eigenvalue weighted by Gasteiger charge is 2.42. The van der Waals surface area contributed by atoms with Gasteiger partial charge in [-0.2, -0.15) is 13.2 Å². The Bertz CT molecular complexity index is 1440. The number of carbonyl (C=O) groups is 1. The van der Waals surface area contributed by atoms with E-state index in [0.717, 1.165) is 25.2 Å². The Morgan fingerprint density at radius 1 is 1.08 bits per heavy atom. The van der Waals surface area contributed by atoms with Gasteiger partial charge in [-0.05, 0) is 92.6 Å². The van der Waals surface area contributed by atoms with E-state index in [1.165, 1.54) is 16.7 Å². The zero-order valence-corrected chi connectivity index (χ0v) is 22.6. The van der Waals surface area contributed by atoms with Crippen LogP contribution < -0.4 is 10.3 Å². The molecule has 0 saturated heterocycles. The molecule has 0 aliphatic carbocycles. The average molecular weight is 544 g/mol. The number of fused-ring (bicyclic) bond motifs is 1. The zero-order chi connectivity index (χ0) is 28.5. The van der Waals surface area contributed by atoms with Crippen molar-refractivity contribution < 1.29 is 32.2 Å². The van der Waals surface area contributed by atoms with E-state index in [-0.39, 0.29) is 16.7 Å². The number of esters is 1. The van der Waals surface area contributed by atoms with Gasteiger partial charge in [-0.25, -0.2) is 4.79 Å². The van der Waals surface area contributed by atoms with Crippen LogP contribution in [-0.2, 0) is 33.4 Å². The minimum Gasteiger partial charge on any atom is -0.493 e. The van der Waals surface area contributed by atoms with Crippen molar-refractivity contribution in [2.75, 3.05) is 13.7 Å². The van der Waals surface area contributed by atoms with Gasteiger partial charge in [0.15, 0.2) is 6.10 Å². The van der Waals surface area contributed by atoms with Gasteiger partial charge in [0, 0.05) is 24.4 Å². The molecule has 1 aromatic heterocycles. The van der Waals surface area contributed by atoms with Crippen LogP contribution in [0, 0.1) is 0 Å². The van der Waals surface area contributed by atoms with Gasteiger partial charge in [0.2, 0.25) is 0 Å². The normalized spacial score (nSPS) is 14.4. The monoisotopic (exact) mass is 543 g/mol. The Morgan fingerprint density at radius 3 is 2.44 bits per heavy atom. The molecule has 0 fully saturated rings. The number of alkyl halides is 3. The van der Waals surface area contributed by atoms with Crippen molar-refractivity contribution in [2.24, 2.45) is 0 Å². The fourth-order valence-corrected chi connectivity index (χ4v) is 4.83. The van der Waals surface area contributed by atoms with Crippen molar-refractivity contribution >= 4 is 5.97 Å². The van der Waals surface area contributed by atoms with Crippen LogP contribution in [0.15, 0.2) is 53.5 Å². The van der Waals surface area contributed by atoms with Gasteiger partial charge >= 0.3 is 12.1 Å². The van der Waals surface area contributed by atoms with Crippen LogP contribution in [0.4, 0.5) is 13.2 Å². The first-order chi connectivity index (χ1) is 18.3. The molecular weight excluding hydrogens is 511 g/mol. The molecule has 2 aromatic carbocycles. The molecule has 0 radical (unpaired) electrons. The molecule has 4 rings (SSSR count). The summed E-state index contributed by atoms with van der Waals surface area (Å²) >= 11 is 0. The molecule has 0 amide bonds. The number of nitrogens with zero attached hydrogens (tertiary/aromatic N) is 1. The number of carbonyl (C=O) groups excluding carboxylic acids is 1. The number of hydrogen-bond donors (Lipinski definition) is 0. The average Bonchev–Trinajstić information content (AvgIpc) is 2.89. The van der Waals surface area contributed by atoms with Crippen molar-refractivity contribution in [3.8, 4) is 28.0 Å². The minimum atomic E-state index is -4.81. The number of halogens is 3. The molecule has 1 unspecified atom stereocenters. The third-order valence-electron chi connectivity index (χ3n) is 6.54. The number of aromatic nitrogens is 1. The summed E-state index contributed by atoms with van der Waals surface area (Å²) < 4.78 is 61.9. The van der Waals surface area contributed by atoms with E-state index in [0.29, 0.717) is 42.0 Å². The van der Waals surface area contributed by atoms with Crippen LogP contribution in [0.5, 0.6) is 5.75 Å². The quantitative estimate of drug-likeness (QED) is 0.329. The second-order valence-corrected chi connectivity index (χ2v) is 10.4. The van der Waals surface area contributed by atoms with Gasteiger partial charge in [-0.3, -0.25) is 4.79 Å². The number of rotatable bonds is 6. The van der Waals surface area contributed by atoms with Crippen LogP contribution in [-0.4, -0.2) is 29.9 Å².